The van der Waals surface area contributed by atoms with Crippen LogP contribution in [0, 0.1) is 13.8 Å². The topological polar surface area (TPSA) is 0 Å². The van der Waals surface area contributed by atoms with Crippen molar-refractivity contribution in [1.29, 1.82) is 0 Å². The molecule has 11 heavy (non-hydrogen) atoms. The lowest BCUT2D eigenvalue weighted by molar-refractivity contribution is 1.28. The average molecular weight is 166 g/mol. The molecule has 1 aromatic carbocycles. The van der Waals surface area contributed by atoms with Crippen molar-refractivity contribution in [2.45, 2.75) is 19.6 Å². The second-order valence-corrected chi connectivity index (χ2v) is 3.73. The molecule has 0 bridgehead atoms. The highest BCUT2D eigenvalue weighted by Crippen LogP contribution is 2.15. The average Bonchev–Trinajstić information content (AvgIpc) is 1.98. The van der Waals surface area contributed by atoms with Crippen molar-refractivity contribution in [3.63, 3.8) is 0 Å². The van der Waals surface area contributed by atoms with Gasteiger partial charge in [0.25, 0.3) is 0 Å². The molecule has 0 unspecified atom stereocenters. The zero-order valence-corrected chi connectivity index (χ0v) is 8.16. The van der Waals surface area contributed by atoms with E-state index in [4.69, 9.17) is 0 Å². The summed E-state index contributed by atoms with van der Waals surface area (Å²) < 4.78 is 0. The Labute approximate surface area is 73.0 Å². The third-order valence-electron chi connectivity index (χ3n) is 1.80. The Morgan fingerprint density at radius 1 is 1.27 bits per heavy atom. The van der Waals surface area contributed by atoms with Crippen molar-refractivity contribution in [2.24, 2.45) is 0 Å². The van der Waals surface area contributed by atoms with Crippen LogP contribution in [0.3, 0.4) is 0 Å². The standard InChI is InChI=1S/C10H14S/c1-8-4-5-9(2)10(6-8)7-11-3/h4-6H,7H2,1-3H3. The summed E-state index contributed by atoms with van der Waals surface area (Å²) in [5.41, 5.74) is 4.24. The molecule has 0 aromatic heterocycles. The second kappa shape index (κ2) is 3.82. The molecule has 0 N–H and O–H groups in total. The second-order valence-electron chi connectivity index (χ2n) is 2.86. The molecular formula is C10H14S. The molecule has 1 aromatic rings. The van der Waals surface area contributed by atoms with Crippen LogP contribution in [0.15, 0.2) is 18.2 Å². The van der Waals surface area contributed by atoms with Gasteiger partial charge < -0.3 is 0 Å². The smallest absolute Gasteiger partial charge is 0.0184 e. The normalized spacial score (nSPS) is 10.1. The van der Waals surface area contributed by atoms with E-state index in [1.807, 2.05) is 11.8 Å². The maximum atomic E-state index is 2.27. The maximum Gasteiger partial charge on any atom is 0.0184 e. The van der Waals surface area contributed by atoms with Gasteiger partial charge in [0, 0.05) is 5.75 Å². The molecular weight excluding hydrogens is 152 g/mol. The van der Waals surface area contributed by atoms with E-state index in [1.54, 1.807) is 0 Å². The Kier molecular flexibility index (Phi) is 3.01. The van der Waals surface area contributed by atoms with E-state index in [9.17, 15) is 0 Å². The summed E-state index contributed by atoms with van der Waals surface area (Å²) in [5, 5.41) is 0. The largest absolute Gasteiger partial charge is 0.161 e. The minimum absolute atomic E-state index is 1.13. The van der Waals surface area contributed by atoms with Crippen molar-refractivity contribution in [3.05, 3.63) is 34.9 Å². The first kappa shape index (κ1) is 8.66. The lowest BCUT2D eigenvalue weighted by atomic mass is 10.1. The predicted molar refractivity (Wildman–Crippen MR) is 53.1 cm³/mol. The fourth-order valence-corrected chi connectivity index (χ4v) is 1.73. The van der Waals surface area contributed by atoms with Gasteiger partial charge in [-0.3, -0.25) is 0 Å². The van der Waals surface area contributed by atoms with Gasteiger partial charge in [0.05, 0.1) is 0 Å². The van der Waals surface area contributed by atoms with E-state index in [0.717, 1.165) is 5.75 Å². The minimum atomic E-state index is 1.13. The van der Waals surface area contributed by atoms with Crippen molar-refractivity contribution in [3.8, 4) is 0 Å². The highest BCUT2D eigenvalue weighted by Gasteiger charge is 1.96. The van der Waals surface area contributed by atoms with Gasteiger partial charge in [-0.15, -0.1) is 0 Å². The van der Waals surface area contributed by atoms with Crippen LogP contribution >= 0.6 is 11.8 Å². The van der Waals surface area contributed by atoms with Gasteiger partial charge in [-0.2, -0.15) is 11.8 Å². The van der Waals surface area contributed by atoms with Crippen molar-refractivity contribution in [1.82, 2.24) is 0 Å². The first-order valence-electron chi connectivity index (χ1n) is 3.79. The molecule has 0 atom stereocenters. The molecule has 0 heterocycles. The van der Waals surface area contributed by atoms with Gasteiger partial charge in [-0.1, -0.05) is 23.8 Å². The monoisotopic (exact) mass is 166 g/mol. The summed E-state index contributed by atoms with van der Waals surface area (Å²) >= 11 is 1.88. The lowest BCUT2D eigenvalue weighted by Gasteiger charge is -2.04. The van der Waals surface area contributed by atoms with Gasteiger partial charge in [0.15, 0.2) is 0 Å². The number of aryl methyl sites for hydroxylation is 2. The van der Waals surface area contributed by atoms with Crippen LogP contribution < -0.4 is 0 Å². The molecule has 0 saturated carbocycles. The summed E-state index contributed by atoms with van der Waals surface area (Å²) in [4.78, 5) is 0. The van der Waals surface area contributed by atoms with E-state index in [1.165, 1.54) is 16.7 Å². The van der Waals surface area contributed by atoms with Crippen LogP contribution in [0.25, 0.3) is 0 Å². The number of rotatable bonds is 2. The van der Waals surface area contributed by atoms with Crippen LogP contribution in [-0.4, -0.2) is 6.26 Å². The number of hydrogen-bond acceptors (Lipinski definition) is 1. The number of thioether (sulfide) groups is 1. The highest BCUT2D eigenvalue weighted by atomic mass is 32.2. The maximum absolute atomic E-state index is 2.27. The number of hydrogen-bond donors (Lipinski definition) is 0. The Balaban J connectivity index is 2.93. The molecule has 0 aliphatic heterocycles. The molecule has 0 amide bonds. The third-order valence-corrected chi connectivity index (χ3v) is 2.40. The van der Waals surface area contributed by atoms with E-state index in [-0.39, 0.29) is 0 Å². The van der Waals surface area contributed by atoms with Crippen molar-refractivity contribution >= 4 is 11.8 Å². The molecule has 1 heteroatoms. The Hall–Kier alpha value is -0.430. The van der Waals surface area contributed by atoms with E-state index in [2.05, 4.69) is 38.3 Å². The molecule has 0 radical (unpaired) electrons. The van der Waals surface area contributed by atoms with Crippen LogP contribution in [0.2, 0.25) is 0 Å². The Morgan fingerprint density at radius 3 is 2.64 bits per heavy atom. The predicted octanol–water partition coefficient (Wildman–Crippen LogP) is 3.17. The highest BCUT2D eigenvalue weighted by molar-refractivity contribution is 7.97. The summed E-state index contributed by atoms with van der Waals surface area (Å²) in [5.74, 6) is 1.13. The van der Waals surface area contributed by atoms with Crippen molar-refractivity contribution in [2.75, 3.05) is 6.26 Å². The van der Waals surface area contributed by atoms with Gasteiger partial charge in [0.2, 0.25) is 0 Å². The summed E-state index contributed by atoms with van der Waals surface area (Å²) in [6.07, 6.45) is 2.14. The fraction of sp³-hybridized carbons (Fsp3) is 0.400. The molecule has 0 fully saturated rings. The van der Waals surface area contributed by atoms with E-state index >= 15 is 0 Å². The first-order valence-corrected chi connectivity index (χ1v) is 5.18. The Bertz CT molecular complexity index is 241. The van der Waals surface area contributed by atoms with Crippen LogP contribution in [0.1, 0.15) is 16.7 Å². The van der Waals surface area contributed by atoms with Gasteiger partial charge >= 0.3 is 0 Å². The zero-order chi connectivity index (χ0) is 8.27. The molecule has 0 aliphatic carbocycles. The molecule has 0 saturated heterocycles. The fourth-order valence-electron chi connectivity index (χ4n) is 1.11. The van der Waals surface area contributed by atoms with Gasteiger partial charge in [0.1, 0.15) is 0 Å². The molecule has 0 nitrogen and oxygen atoms in total. The molecule has 0 spiro atoms. The van der Waals surface area contributed by atoms with Crippen LogP contribution in [-0.2, 0) is 5.75 Å². The van der Waals surface area contributed by atoms with E-state index < -0.39 is 0 Å². The lowest BCUT2D eigenvalue weighted by Crippen LogP contribution is -1.86. The SMILES string of the molecule is CSCc1cc(C)ccc1C. The minimum Gasteiger partial charge on any atom is -0.161 e. The number of benzene rings is 1. The summed E-state index contributed by atoms with van der Waals surface area (Å²) in [6, 6.07) is 6.63. The van der Waals surface area contributed by atoms with Crippen LogP contribution in [0.5, 0.6) is 0 Å². The zero-order valence-electron chi connectivity index (χ0n) is 7.35. The summed E-state index contributed by atoms with van der Waals surface area (Å²) in [7, 11) is 0. The quantitative estimate of drug-likeness (QED) is 0.650. The van der Waals surface area contributed by atoms with Crippen molar-refractivity contribution < 1.29 is 0 Å². The van der Waals surface area contributed by atoms with Gasteiger partial charge in [-0.25, -0.2) is 0 Å². The first-order chi connectivity index (χ1) is 5.24. The molecule has 0 aliphatic rings. The molecule has 60 valence electrons. The van der Waals surface area contributed by atoms with Crippen LogP contribution in [0.4, 0.5) is 0 Å². The van der Waals surface area contributed by atoms with E-state index in [0.29, 0.717) is 0 Å². The van der Waals surface area contributed by atoms with Gasteiger partial charge in [-0.05, 0) is 31.2 Å². The third kappa shape index (κ3) is 2.26. The Morgan fingerprint density at radius 2 is 2.00 bits per heavy atom. The molecule has 1 rings (SSSR count). The summed E-state index contributed by atoms with van der Waals surface area (Å²) in [6.45, 7) is 4.31.